The first-order valence-corrected chi connectivity index (χ1v) is 7.35. The average molecular weight is 293 g/mol. The highest BCUT2D eigenvalue weighted by Crippen LogP contribution is 2.25. The molecule has 0 unspecified atom stereocenters. The SMILES string of the molecule is O=S(=O)(NCCc1ncn[nH]1)c1ccc(Cl)s1. The third-order valence-electron chi connectivity index (χ3n) is 1.93. The van der Waals surface area contributed by atoms with Crippen molar-refractivity contribution in [1.82, 2.24) is 19.9 Å². The lowest BCUT2D eigenvalue weighted by Gasteiger charge is -2.02. The number of sulfonamides is 1. The molecule has 0 aliphatic rings. The first-order valence-electron chi connectivity index (χ1n) is 4.67. The van der Waals surface area contributed by atoms with Crippen LogP contribution >= 0.6 is 22.9 Å². The van der Waals surface area contributed by atoms with E-state index in [0.717, 1.165) is 11.3 Å². The second kappa shape index (κ2) is 5.13. The normalized spacial score (nSPS) is 11.8. The average Bonchev–Trinajstić information content (AvgIpc) is 2.89. The molecule has 2 rings (SSSR count). The van der Waals surface area contributed by atoms with Crippen LogP contribution in [0.4, 0.5) is 0 Å². The predicted octanol–water partition coefficient (Wildman–Crippen LogP) is 1.04. The van der Waals surface area contributed by atoms with Gasteiger partial charge in [-0.1, -0.05) is 11.6 Å². The van der Waals surface area contributed by atoms with Crippen LogP contribution in [0.1, 0.15) is 5.82 Å². The minimum Gasteiger partial charge on any atom is -0.263 e. The van der Waals surface area contributed by atoms with Gasteiger partial charge < -0.3 is 0 Å². The van der Waals surface area contributed by atoms with Crippen molar-refractivity contribution in [2.75, 3.05) is 6.54 Å². The number of hydrogen-bond acceptors (Lipinski definition) is 5. The first kappa shape index (κ1) is 12.5. The van der Waals surface area contributed by atoms with Crippen LogP contribution in [0.2, 0.25) is 4.34 Å². The van der Waals surface area contributed by atoms with Gasteiger partial charge in [-0.25, -0.2) is 18.1 Å². The summed E-state index contributed by atoms with van der Waals surface area (Å²) in [6.45, 7) is 0.257. The molecular weight excluding hydrogens is 284 g/mol. The molecule has 9 heteroatoms. The topological polar surface area (TPSA) is 87.7 Å². The fraction of sp³-hybridized carbons (Fsp3) is 0.250. The lowest BCUT2D eigenvalue weighted by molar-refractivity contribution is 0.583. The van der Waals surface area contributed by atoms with Crippen molar-refractivity contribution in [3.05, 3.63) is 28.6 Å². The molecule has 0 aromatic carbocycles. The Bertz CT molecular complexity index is 578. The van der Waals surface area contributed by atoms with Gasteiger partial charge in [0.05, 0.1) is 4.34 Å². The largest absolute Gasteiger partial charge is 0.263 e. The Morgan fingerprint density at radius 1 is 1.47 bits per heavy atom. The molecule has 0 spiro atoms. The van der Waals surface area contributed by atoms with E-state index >= 15 is 0 Å². The molecule has 6 nitrogen and oxygen atoms in total. The Kier molecular flexibility index (Phi) is 3.77. The van der Waals surface area contributed by atoms with Crippen molar-refractivity contribution in [1.29, 1.82) is 0 Å². The Labute approximate surface area is 107 Å². The van der Waals surface area contributed by atoms with Gasteiger partial charge in [0.2, 0.25) is 10.0 Å². The standard InChI is InChI=1S/C8H9ClN4O2S2/c9-6-1-2-8(16-6)17(14,15)12-4-3-7-10-5-11-13-7/h1-2,5,12H,3-4H2,(H,10,11,13). The highest BCUT2D eigenvalue weighted by Gasteiger charge is 2.15. The molecular formula is C8H9ClN4O2S2. The summed E-state index contributed by atoms with van der Waals surface area (Å²) in [5, 5.41) is 6.32. The van der Waals surface area contributed by atoms with Gasteiger partial charge >= 0.3 is 0 Å². The third kappa shape index (κ3) is 3.25. The number of H-pyrrole nitrogens is 1. The van der Waals surface area contributed by atoms with E-state index in [9.17, 15) is 8.42 Å². The lowest BCUT2D eigenvalue weighted by atomic mass is 10.4. The summed E-state index contributed by atoms with van der Waals surface area (Å²) in [4.78, 5) is 3.89. The summed E-state index contributed by atoms with van der Waals surface area (Å²) in [5.74, 6) is 0.636. The molecule has 0 aliphatic carbocycles. The smallest absolute Gasteiger partial charge is 0.250 e. The zero-order chi connectivity index (χ0) is 12.3. The Hall–Kier alpha value is -0.960. The van der Waals surface area contributed by atoms with Crippen molar-refractivity contribution < 1.29 is 8.42 Å². The molecule has 2 heterocycles. The Balaban J connectivity index is 1.94. The fourth-order valence-electron chi connectivity index (χ4n) is 1.17. The fourth-order valence-corrected chi connectivity index (χ4v) is 3.73. The molecule has 0 bridgehead atoms. The van der Waals surface area contributed by atoms with E-state index in [4.69, 9.17) is 11.6 Å². The summed E-state index contributed by atoms with van der Waals surface area (Å²) < 4.78 is 26.7. The number of rotatable bonds is 5. The van der Waals surface area contributed by atoms with Gasteiger partial charge in [0.15, 0.2) is 0 Å². The van der Waals surface area contributed by atoms with E-state index < -0.39 is 10.0 Å². The molecule has 0 amide bonds. The molecule has 0 aliphatic heterocycles. The van der Waals surface area contributed by atoms with Crippen molar-refractivity contribution in [3.63, 3.8) is 0 Å². The van der Waals surface area contributed by atoms with Gasteiger partial charge in [0, 0.05) is 13.0 Å². The van der Waals surface area contributed by atoms with E-state index in [2.05, 4.69) is 19.9 Å². The maximum atomic E-state index is 11.8. The van der Waals surface area contributed by atoms with Crippen molar-refractivity contribution >= 4 is 33.0 Å². The van der Waals surface area contributed by atoms with Gasteiger partial charge in [0.25, 0.3) is 0 Å². The van der Waals surface area contributed by atoms with Crippen molar-refractivity contribution in [3.8, 4) is 0 Å². The molecule has 92 valence electrons. The first-order chi connectivity index (χ1) is 8.08. The third-order valence-corrected chi connectivity index (χ3v) is 5.12. The molecule has 2 aromatic heterocycles. The number of halogens is 1. The zero-order valence-electron chi connectivity index (χ0n) is 8.55. The number of nitrogens with one attached hydrogen (secondary N) is 2. The molecule has 2 aromatic rings. The van der Waals surface area contributed by atoms with Gasteiger partial charge in [-0.2, -0.15) is 5.10 Å². The summed E-state index contributed by atoms with van der Waals surface area (Å²) in [6.07, 6.45) is 1.83. The number of aromatic nitrogens is 3. The molecule has 0 fully saturated rings. The van der Waals surface area contributed by atoms with Crippen LogP contribution < -0.4 is 4.72 Å². The minimum absolute atomic E-state index is 0.208. The van der Waals surface area contributed by atoms with Crippen LogP contribution in [0.15, 0.2) is 22.7 Å². The van der Waals surface area contributed by atoms with E-state index in [1.165, 1.54) is 12.4 Å². The maximum Gasteiger partial charge on any atom is 0.250 e. The second-order valence-electron chi connectivity index (χ2n) is 3.14. The maximum absolute atomic E-state index is 11.8. The summed E-state index contributed by atoms with van der Waals surface area (Å²) in [7, 11) is -3.47. The van der Waals surface area contributed by atoms with Gasteiger partial charge in [0.1, 0.15) is 16.4 Å². The van der Waals surface area contributed by atoms with Gasteiger partial charge in [-0.05, 0) is 12.1 Å². The zero-order valence-corrected chi connectivity index (χ0v) is 10.9. The van der Waals surface area contributed by atoms with Gasteiger partial charge in [-0.15, -0.1) is 11.3 Å². The number of hydrogen-bond donors (Lipinski definition) is 2. The van der Waals surface area contributed by atoms with Crippen molar-refractivity contribution in [2.45, 2.75) is 10.6 Å². The van der Waals surface area contributed by atoms with E-state index in [0.29, 0.717) is 16.6 Å². The molecule has 0 saturated heterocycles. The number of thiophene rings is 1. The van der Waals surface area contributed by atoms with Crippen LogP contribution in [0.25, 0.3) is 0 Å². The summed E-state index contributed by atoms with van der Waals surface area (Å²) in [5.41, 5.74) is 0. The molecule has 0 saturated carbocycles. The lowest BCUT2D eigenvalue weighted by Crippen LogP contribution is -2.25. The quantitative estimate of drug-likeness (QED) is 0.862. The predicted molar refractivity (Wildman–Crippen MR) is 64.6 cm³/mol. The van der Waals surface area contributed by atoms with E-state index in [-0.39, 0.29) is 10.8 Å². The number of aromatic amines is 1. The summed E-state index contributed by atoms with van der Waals surface area (Å²) >= 11 is 6.71. The monoisotopic (exact) mass is 292 g/mol. The van der Waals surface area contributed by atoms with Crippen LogP contribution in [0.3, 0.4) is 0 Å². The van der Waals surface area contributed by atoms with Crippen LogP contribution in [-0.4, -0.2) is 30.1 Å². The van der Waals surface area contributed by atoms with Crippen LogP contribution in [0.5, 0.6) is 0 Å². The van der Waals surface area contributed by atoms with Crippen LogP contribution in [0, 0.1) is 0 Å². The molecule has 2 N–H and O–H groups in total. The minimum atomic E-state index is -3.47. The highest BCUT2D eigenvalue weighted by atomic mass is 35.5. The summed E-state index contributed by atoms with van der Waals surface area (Å²) in [6, 6.07) is 3.03. The van der Waals surface area contributed by atoms with Gasteiger partial charge in [-0.3, -0.25) is 5.10 Å². The Morgan fingerprint density at radius 3 is 2.88 bits per heavy atom. The van der Waals surface area contributed by atoms with Crippen LogP contribution in [-0.2, 0) is 16.4 Å². The van der Waals surface area contributed by atoms with E-state index in [1.807, 2.05) is 0 Å². The molecule has 17 heavy (non-hydrogen) atoms. The second-order valence-corrected chi connectivity index (χ2v) is 6.85. The highest BCUT2D eigenvalue weighted by molar-refractivity contribution is 7.91. The molecule has 0 radical (unpaired) electrons. The van der Waals surface area contributed by atoms with Crippen molar-refractivity contribution in [2.24, 2.45) is 0 Å². The number of nitrogens with zero attached hydrogens (tertiary/aromatic N) is 2. The Morgan fingerprint density at radius 2 is 2.29 bits per heavy atom. The molecule has 0 atom stereocenters. The van der Waals surface area contributed by atoms with E-state index in [1.54, 1.807) is 6.07 Å².